The third-order valence-electron chi connectivity index (χ3n) is 9.31. The van der Waals surface area contributed by atoms with E-state index in [4.69, 9.17) is 23.9 Å². The average molecular weight is 762 g/mol. The van der Waals surface area contributed by atoms with Crippen LogP contribution in [-0.4, -0.2) is 79.5 Å². The van der Waals surface area contributed by atoms with Gasteiger partial charge in [0, 0.05) is 36.1 Å². The minimum atomic E-state index is -0.516. The Morgan fingerprint density at radius 3 is 2.52 bits per heavy atom. The molecule has 1 aliphatic heterocycles. The molecule has 0 fully saturated rings. The molecule has 1 atom stereocenters. The van der Waals surface area contributed by atoms with Crippen molar-refractivity contribution in [2.45, 2.75) is 64.5 Å². The van der Waals surface area contributed by atoms with Crippen LogP contribution in [0, 0.1) is 0 Å². The van der Waals surface area contributed by atoms with Gasteiger partial charge in [0.25, 0.3) is 11.8 Å². The Morgan fingerprint density at radius 1 is 0.875 bits per heavy atom. The highest BCUT2D eigenvalue weighted by atomic mass is 16.6. The van der Waals surface area contributed by atoms with Crippen molar-refractivity contribution < 1.29 is 33.3 Å². The zero-order valence-corrected chi connectivity index (χ0v) is 32.4. The maximum atomic E-state index is 13.7. The van der Waals surface area contributed by atoms with E-state index in [1.165, 1.54) is 5.56 Å². The van der Waals surface area contributed by atoms with Crippen LogP contribution < -0.4 is 20.3 Å². The van der Waals surface area contributed by atoms with Gasteiger partial charge >= 0.3 is 5.97 Å². The number of fused-ring (bicyclic) bond motifs is 1. The number of hydrogen-bond donors (Lipinski definition) is 2. The molecular weight excluding hydrogens is 711 g/mol. The van der Waals surface area contributed by atoms with Gasteiger partial charge in [-0.25, -0.2) is 9.97 Å². The summed E-state index contributed by atoms with van der Waals surface area (Å²) in [4.78, 5) is 50.6. The molecule has 12 nitrogen and oxygen atoms in total. The molecule has 4 aromatic rings. The lowest BCUT2D eigenvalue weighted by Gasteiger charge is -2.27. The van der Waals surface area contributed by atoms with Crippen molar-refractivity contribution in [3.8, 4) is 17.1 Å². The van der Waals surface area contributed by atoms with E-state index in [1.807, 2.05) is 51.1 Å². The lowest BCUT2D eigenvalue weighted by atomic mass is 9.87. The molecule has 12 heteroatoms. The third-order valence-corrected chi connectivity index (χ3v) is 9.31. The number of nitrogens with zero attached hydrogens (tertiary/aromatic N) is 3. The molecule has 2 aliphatic rings. The Morgan fingerprint density at radius 2 is 1.70 bits per heavy atom. The highest BCUT2D eigenvalue weighted by Gasteiger charge is 2.24. The zero-order valence-electron chi connectivity index (χ0n) is 32.4. The van der Waals surface area contributed by atoms with Crippen LogP contribution in [0.1, 0.15) is 84.5 Å². The molecule has 294 valence electrons. The molecule has 2 amide bonds. The molecular formula is C44H51N5O7. The highest BCUT2D eigenvalue weighted by molar-refractivity contribution is 6.06. The molecule has 0 saturated heterocycles. The summed E-state index contributed by atoms with van der Waals surface area (Å²) in [7, 11) is 0. The summed E-state index contributed by atoms with van der Waals surface area (Å²) in [5.41, 5.74) is 4.62. The highest BCUT2D eigenvalue weighted by Crippen LogP contribution is 2.33. The van der Waals surface area contributed by atoms with E-state index >= 15 is 0 Å². The SMILES string of the molecule is CC(C)(C)OC(=O)CCOCCOCCOc1cccc(C(=O)Nc2ccc(N3CC=CCC3)cc2-c2nccc(C(=O)N[C@H]3CCCc4ccccc43)n2)c1. The van der Waals surface area contributed by atoms with Crippen LogP contribution in [0.15, 0.2) is 91.1 Å². The van der Waals surface area contributed by atoms with Crippen molar-refractivity contribution >= 4 is 29.2 Å². The number of aromatic nitrogens is 2. The van der Waals surface area contributed by atoms with E-state index in [2.05, 4.69) is 44.8 Å². The maximum absolute atomic E-state index is 13.7. The second kappa shape index (κ2) is 19.3. The number of hydrogen-bond acceptors (Lipinski definition) is 10. The molecule has 0 spiro atoms. The van der Waals surface area contributed by atoms with Gasteiger partial charge in [-0.2, -0.15) is 0 Å². The van der Waals surface area contributed by atoms with Crippen molar-refractivity contribution in [1.82, 2.24) is 15.3 Å². The van der Waals surface area contributed by atoms with Crippen molar-refractivity contribution in [3.05, 3.63) is 114 Å². The van der Waals surface area contributed by atoms with E-state index in [0.29, 0.717) is 48.2 Å². The Labute approximate surface area is 328 Å². The second-order valence-electron chi connectivity index (χ2n) is 14.7. The number of ether oxygens (including phenoxy) is 4. The maximum Gasteiger partial charge on any atom is 0.308 e. The van der Waals surface area contributed by atoms with Gasteiger partial charge in [-0.1, -0.05) is 42.5 Å². The van der Waals surface area contributed by atoms with Gasteiger partial charge in [-0.05, 0) is 100 Å². The number of benzene rings is 3. The van der Waals surface area contributed by atoms with Crippen molar-refractivity contribution in [2.24, 2.45) is 0 Å². The zero-order chi connectivity index (χ0) is 39.3. The number of carbonyl (C=O) groups is 3. The predicted octanol–water partition coefficient (Wildman–Crippen LogP) is 7.11. The van der Waals surface area contributed by atoms with E-state index in [0.717, 1.165) is 50.0 Å². The van der Waals surface area contributed by atoms with Crippen LogP contribution in [0.5, 0.6) is 5.75 Å². The fourth-order valence-corrected chi connectivity index (χ4v) is 6.66. The average Bonchev–Trinajstić information content (AvgIpc) is 3.20. The molecule has 6 rings (SSSR count). The fourth-order valence-electron chi connectivity index (χ4n) is 6.66. The van der Waals surface area contributed by atoms with Crippen molar-refractivity contribution in [1.29, 1.82) is 0 Å². The van der Waals surface area contributed by atoms with Crippen LogP contribution in [-0.2, 0) is 25.4 Å². The van der Waals surface area contributed by atoms with Crippen LogP contribution in [0.3, 0.4) is 0 Å². The first-order valence-electron chi connectivity index (χ1n) is 19.3. The molecule has 56 heavy (non-hydrogen) atoms. The summed E-state index contributed by atoms with van der Waals surface area (Å²) >= 11 is 0. The van der Waals surface area contributed by atoms with Gasteiger partial charge in [0.2, 0.25) is 0 Å². The number of aryl methyl sites for hydroxylation is 1. The van der Waals surface area contributed by atoms with Gasteiger partial charge < -0.3 is 34.5 Å². The first-order chi connectivity index (χ1) is 27.1. The number of esters is 1. The summed E-state index contributed by atoms with van der Waals surface area (Å²) in [5, 5.41) is 6.24. The smallest absolute Gasteiger partial charge is 0.308 e. The third kappa shape index (κ3) is 11.5. The molecule has 1 aromatic heterocycles. The lowest BCUT2D eigenvalue weighted by Crippen LogP contribution is -2.31. The summed E-state index contributed by atoms with van der Waals surface area (Å²) in [5.74, 6) is -0.0594. The van der Waals surface area contributed by atoms with Gasteiger partial charge in [0.1, 0.15) is 23.7 Å². The van der Waals surface area contributed by atoms with Crippen LogP contribution in [0.4, 0.5) is 11.4 Å². The van der Waals surface area contributed by atoms with Crippen LogP contribution >= 0.6 is 0 Å². The molecule has 3 aromatic carbocycles. The van der Waals surface area contributed by atoms with Gasteiger partial charge in [0.15, 0.2) is 5.82 Å². The summed E-state index contributed by atoms with van der Waals surface area (Å²) in [6.07, 6.45) is 9.86. The number of nitrogens with one attached hydrogen (secondary N) is 2. The predicted molar refractivity (Wildman–Crippen MR) is 215 cm³/mol. The number of carbonyl (C=O) groups excluding carboxylic acids is 3. The lowest BCUT2D eigenvalue weighted by molar-refractivity contribution is -0.156. The molecule has 2 N–H and O–H groups in total. The van der Waals surface area contributed by atoms with Crippen LogP contribution in [0.2, 0.25) is 0 Å². The number of amides is 2. The first kappa shape index (κ1) is 40.1. The summed E-state index contributed by atoms with van der Waals surface area (Å²) in [6.45, 7) is 8.65. The number of rotatable bonds is 16. The minimum Gasteiger partial charge on any atom is -0.491 e. The molecule has 0 saturated carbocycles. The Hall–Kier alpha value is -5.59. The van der Waals surface area contributed by atoms with E-state index in [1.54, 1.807) is 36.5 Å². The summed E-state index contributed by atoms with van der Waals surface area (Å²) < 4.78 is 22.2. The van der Waals surface area contributed by atoms with E-state index in [9.17, 15) is 14.4 Å². The molecule has 0 radical (unpaired) electrons. The second-order valence-corrected chi connectivity index (χ2v) is 14.7. The quantitative estimate of drug-likeness (QED) is 0.0690. The Kier molecular flexibility index (Phi) is 13.8. The molecule has 0 bridgehead atoms. The minimum absolute atomic E-state index is 0.0911. The Balaban J connectivity index is 1.08. The van der Waals surface area contributed by atoms with E-state index in [-0.39, 0.29) is 49.2 Å². The normalized spacial score (nSPS) is 15.1. The van der Waals surface area contributed by atoms with Gasteiger partial charge in [-0.15, -0.1) is 0 Å². The summed E-state index contributed by atoms with van der Waals surface area (Å²) in [6, 6.07) is 22.5. The van der Waals surface area contributed by atoms with Gasteiger partial charge in [-0.3, -0.25) is 14.4 Å². The van der Waals surface area contributed by atoms with Crippen molar-refractivity contribution in [2.75, 3.05) is 56.3 Å². The molecule has 0 unspecified atom stereocenters. The topological polar surface area (TPSA) is 141 Å². The molecule has 1 aliphatic carbocycles. The first-order valence-corrected chi connectivity index (χ1v) is 19.3. The van der Waals surface area contributed by atoms with E-state index < -0.39 is 5.60 Å². The number of anilines is 2. The molecule has 2 heterocycles. The monoisotopic (exact) mass is 761 g/mol. The van der Waals surface area contributed by atoms with Crippen molar-refractivity contribution in [3.63, 3.8) is 0 Å². The fraction of sp³-hybridized carbons (Fsp3) is 0.386. The Bertz CT molecular complexity index is 2010. The largest absolute Gasteiger partial charge is 0.491 e. The van der Waals surface area contributed by atoms with Gasteiger partial charge in [0.05, 0.1) is 44.6 Å². The standard InChI is InChI=1S/C44H51N5O7/c1-44(2,3)56-40(50)20-24-53-25-26-54-27-28-55-34-14-9-13-32(29-34)42(51)47-38-18-17-33(49-22-7-4-8-23-49)30-36(38)41-45-21-19-39(46-41)43(52)48-37-16-10-12-31-11-5-6-15-35(31)37/h4-7,9,11,13-15,17-19,21,29-30,37H,8,10,12,16,20,22-28H2,1-3H3,(H,47,51)(H,48,52)/t37-/m0/s1. The van der Waals surface area contributed by atoms with Crippen LogP contribution in [0.25, 0.3) is 11.4 Å².